The van der Waals surface area contributed by atoms with Gasteiger partial charge in [-0.1, -0.05) is 33.6 Å². The Hall–Kier alpha value is -0.120. The fourth-order valence-electron chi connectivity index (χ4n) is 3.34. The molecule has 1 atom stereocenters. The molecule has 1 rings (SSSR count). The SMILES string of the molecule is COCC[C@@H](CCCCN1CCN(C)CC1)CC(C)(C)C. The summed E-state index contributed by atoms with van der Waals surface area (Å²) in [4.78, 5) is 5.06. The minimum absolute atomic E-state index is 0.440. The van der Waals surface area contributed by atoms with E-state index in [1.165, 1.54) is 64.8 Å². The third-order valence-corrected chi connectivity index (χ3v) is 4.56. The fraction of sp³-hybridized carbons (Fsp3) is 1.00. The van der Waals surface area contributed by atoms with E-state index in [0.717, 1.165) is 12.5 Å². The average molecular weight is 299 g/mol. The molecule has 1 saturated heterocycles. The number of nitrogens with zero attached hydrogens (tertiary/aromatic N) is 2. The number of hydrogen-bond donors (Lipinski definition) is 0. The molecule has 21 heavy (non-hydrogen) atoms. The second-order valence-electron chi connectivity index (χ2n) is 8.05. The Balaban J connectivity index is 2.16. The number of piperazine rings is 1. The van der Waals surface area contributed by atoms with Crippen molar-refractivity contribution < 1.29 is 4.74 Å². The van der Waals surface area contributed by atoms with Gasteiger partial charge in [0.2, 0.25) is 0 Å². The summed E-state index contributed by atoms with van der Waals surface area (Å²) in [5, 5.41) is 0. The maximum atomic E-state index is 5.29. The van der Waals surface area contributed by atoms with Crippen molar-refractivity contribution in [3.63, 3.8) is 0 Å². The highest BCUT2D eigenvalue weighted by Gasteiger charge is 2.19. The van der Waals surface area contributed by atoms with Gasteiger partial charge in [-0.25, -0.2) is 0 Å². The van der Waals surface area contributed by atoms with Crippen molar-refractivity contribution in [1.29, 1.82) is 0 Å². The Morgan fingerprint density at radius 3 is 2.24 bits per heavy atom. The van der Waals surface area contributed by atoms with Crippen LogP contribution in [0.5, 0.6) is 0 Å². The number of likely N-dealkylation sites (N-methyl/N-ethyl adjacent to an activating group) is 1. The summed E-state index contributed by atoms with van der Waals surface area (Å²) >= 11 is 0. The highest BCUT2D eigenvalue weighted by atomic mass is 16.5. The van der Waals surface area contributed by atoms with Crippen molar-refractivity contribution in [3.8, 4) is 0 Å². The topological polar surface area (TPSA) is 15.7 Å². The van der Waals surface area contributed by atoms with Crippen LogP contribution in [0, 0.1) is 11.3 Å². The third-order valence-electron chi connectivity index (χ3n) is 4.56. The summed E-state index contributed by atoms with van der Waals surface area (Å²) in [5.74, 6) is 0.831. The quantitative estimate of drug-likeness (QED) is 0.606. The summed E-state index contributed by atoms with van der Waals surface area (Å²) in [7, 11) is 4.05. The molecule has 1 aliphatic heterocycles. The molecule has 3 heteroatoms. The zero-order valence-electron chi connectivity index (χ0n) is 15.2. The lowest BCUT2D eigenvalue weighted by Crippen LogP contribution is -2.44. The van der Waals surface area contributed by atoms with E-state index in [-0.39, 0.29) is 0 Å². The molecule has 0 N–H and O–H groups in total. The van der Waals surface area contributed by atoms with Gasteiger partial charge in [0.05, 0.1) is 0 Å². The summed E-state index contributed by atoms with van der Waals surface area (Å²) < 4.78 is 5.29. The Morgan fingerprint density at radius 2 is 1.67 bits per heavy atom. The first-order chi connectivity index (χ1) is 9.90. The standard InChI is InChI=1S/C18H38N2O/c1-18(2,3)16-17(9-15-21-5)8-6-7-10-20-13-11-19(4)12-14-20/h17H,6-16H2,1-5H3/t17-/m1/s1. The van der Waals surface area contributed by atoms with Crippen molar-refractivity contribution in [1.82, 2.24) is 9.80 Å². The second kappa shape index (κ2) is 9.81. The fourth-order valence-corrected chi connectivity index (χ4v) is 3.34. The molecular weight excluding hydrogens is 260 g/mol. The molecule has 1 heterocycles. The van der Waals surface area contributed by atoms with E-state index >= 15 is 0 Å². The van der Waals surface area contributed by atoms with Crippen LogP contribution in [0.2, 0.25) is 0 Å². The van der Waals surface area contributed by atoms with Crippen molar-refractivity contribution in [2.24, 2.45) is 11.3 Å². The van der Waals surface area contributed by atoms with Crippen LogP contribution in [-0.4, -0.2) is 63.3 Å². The smallest absolute Gasteiger partial charge is 0.0464 e. The first-order valence-corrected chi connectivity index (χ1v) is 8.80. The van der Waals surface area contributed by atoms with Gasteiger partial charge >= 0.3 is 0 Å². The van der Waals surface area contributed by atoms with Gasteiger partial charge < -0.3 is 14.5 Å². The molecule has 0 saturated carbocycles. The maximum absolute atomic E-state index is 5.29. The monoisotopic (exact) mass is 298 g/mol. The van der Waals surface area contributed by atoms with E-state index in [9.17, 15) is 0 Å². The molecule has 0 bridgehead atoms. The molecular formula is C18H38N2O. The van der Waals surface area contributed by atoms with E-state index in [4.69, 9.17) is 4.74 Å². The molecule has 3 nitrogen and oxygen atoms in total. The van der Waals surface area contributed by atoms with Gasteiger partial charge in [-0.2, -0.15) is 0 Å². The Kier molecular flexibility index (Phi) is 8.84. The van der Waals surface area contributed by atoms with Gasteiger partial charge in [0.15, 0.2) is 0 Å². The van der Waals surface area contributed by atoms with E-state index < -0.39 is 0 Å². The number of unbranched alkanes of at least 4 members (excludes halogenated alkanes) is 1. The van der Waals surface area contributed by atoms with E-state index in [1.807, 2.05) is 7.11 Å². The van der Waals surface area contributed by atoms with Gasteiger partial charge in [0, 0.05) is 39.9 Å². The van der Waals surface area contributed by atoms with Gasteiger partial charge in [-0.3, -0.25) is 0 Å². The van der Waals surface area contributed by atoms with Crippen LogP contribution >= 0.6 is 0 Å². The molecule has 0 radical (unpaired) electrons. The lowest BCUT2D eigenvalue weighted by atomic mass is 9.81. The van der Waals surface area contributed by atoms with Crippen molar-refractivity contribution in [3.05, 3.63) is 0 Å². The minimum atomic E-state index is 0.440. The number of methoxy groups -OCH3 is 1. The van der Waals surface area contributed by atoms with E-state index in [0.29, 0.717) is 5.41 Å². The van der Waals surface area contributed by atoms with E-state index in [2.05, 4.69) is 37.6 Å². The molecule has 0 aliphatic carbocycles. The van der Waals surface area contributed by atoms with Crippen molar-refractivity contribution in [2.45, 2.75) is 52.9 Å². The third kappa shape index (κ3) is 9.49. The molecule has 1 fully saturated rings. The van der Waals surface area contributed by atoms with Gasteiger partial charge in [0.25, 0.3) is 0 Å². The molecule has 126 valence electrons. The summed E-state index contributed by atoms with van der Waals surface area (Å²) in [6, 6.07) is 0. The molecule has 0 amide bonds. The number of rotatable bonds is 9. The second-order valence-corrected chi connectivity index (χ2v) is 8.05. The summed E-state index contributed by atoms with van der Waals surface area (Å²) in [5.41, 5.74) is 0.440. The molecule has 1 aliphatic rings. The normalized spacial score (nSPS) is 19.9. The first-order valence-electron chi connectivity index (χ1n) is 8.80. The van der Waals surface area contributed by atoms with Crippen LogP contribution in [0.3, 0.4) is 0 Å². The van der Waals surface area contributed by atoms with Crippen LogP contribution in [-0.2, 0) is 4.74 Å². The number of ether oxygens (including phenoxy) is 1. The van der Waals surface area contributed by atoms with Gasteiger partial charge in [-0.15, -0.1) is 0 Å². The van der Waals surface area contributed by atoms with Crippen LogP contribution in [0.4, 0.5) is 0 Å². The predicted octanol–water partition coefficient (Wildman–Crippen LogP) is 3.49. The van der Waals surface area contributed by atoms with Crippen LogP contribution in [0.25, 0.3) is 0 Å². The lowest BCUT2D eigenvalue weighted by molar-refractivity contribution is 0.145. The zero-order chi connectivity index (χ0) is 15.7. The van der Waals surface area contributed by atoms with Gasteiger partial charge in [0.1, 0.15) is 0 Å². The maximum Gasteiger partial charge on any atom is 0.0464 e. The number of hydrogen-bond acceptors (Lipinski definition) is 3. The molecule has 0 spiro atoms. The molecule has 0 aromatic rings. The van der Waals surface area contributed by atoms with Gasteiger partial charge in [-0.05, 0) is 44.2 Å². The summed E-state index contributed by atoms with van der Waals surface area (Å²) in [6.45, 7) is 14.3. The molecule has 0 aromatic carbocycles. The first kappa shape index (κ1) is 18.9. The Morgan fingerprint density at radius 1 is 1.00 bits per heavy atom. The highest BCUT2D eigenvalue weighted by molar-refractivity contribution is 4.72. The molecule has 0 aromatic heterocycles. The average Bonchev–Trinajstić information content (AvgIpc) is 2.41. The van der Waals surface area contributed by atoms with Crippen LogP contribution in [0.1, 0.15) is 52.9 Å². The van der Waals surface area contributed by atoms with Crippen molar-refractivity contribution in [2.75, 3.05) is 53.5 Å². The Bertz CT molecular complexity index is 254. The van der Waals surface area contributed by atoms with E-state index in [1.54, 1.807) is 0 Å². The van der Waals surface area contributed by atoms with Crippen LogP contribution in [0.15, 0.2) is 0 Å². The van der Waals surface area contributed by atoms with Crippen LogP contribution < -0.4 is 0 Å². The lowest BCUT2D eigenvalue weighted by Gasteiger charge is -2.32. The minimum Gasteiger partial charge on any atom is -0.385 e. The largest absolute Gasteiger partial charge is 0.385 e. The molecule has 0 unspecified atom stereocenters. The zero-order valence-corrected chi connectivity index (χ0v) is 15.2. The predicted molar refractivity (Wildman–Crippen MR) is 91.8 cm³/mol. The van der Waals surface area contributed by atoms with Crippen molar-refractivity contribution >= 4 is 0 Å². The summed E-state index contributed by atoms with van der Waals surface area (Å²) in [6.07, 6.45) is 6.65. The highest BCUT2D eigenvalue weighted by Crippen LogP contribution is 2.29. The Labute approximate surface area is 133 Å².